The summed E-state index contributed by atoms with van der Waals surface area (Å²) in [5, 5.41) is 5.01. The first-order valence-electron chi connectivity index (χ1n) is 12.2. The molecule has 0 aliphatic carbocycles. The van der Waals surface area contributed by atoms with E-state index in [0.29, 0.717) is 40.2 Å². The maximum Gasteiger partial charge on any atom is 0.347 e. The zero-order chi connectivity index (χ0) is 27.1. The molecule has 0 unspecified atom stereocenters. The van der Waals surface area contributed by atoms with Crippen LogP contribution in [-0.2, 0) is 16.0 Å². The number of carbonyl (C=O) groups is 1. The number of ether oxygens (including phenoxy) is 3. The minimum absolute atomic E-state index is 0.257. The smallest absolute Gasteiger partial charge is 0.347 e. The van der Waals surface area contributed by atoms with Crippen LogP contribution in [0.4, 0.5) is 0 Å². The summed E-state index contributed by atoms with van der Waals surface area (Å²) in [5.74, 6) is 0.780. The second-order valence-electron chi connectivity index (χ2n) is 8.40. The van der Waals surface area contributed by atoms with Gasteiger partial charge in [0.1, 0.15) is 0 Å². The molecule has 1 atom stereocenters. The number of rotatable bonds is 10. The quantitative estimate of drug-likeness (QED) is 0.169. The summed E-state index contributed by atoms with van der Waals surface area (Å²) < 4.78 is 17.9. The van der Waals surface area contributed by atoms with Crippen LogP contribution in [-0.4, -0.2) is 41.7 Å². The van der Waals surface area contributed by atoms with E-state index >= 15 is 0 Å². The highest BCUT2D eigenvalue weighted by molar-refractivity contribution is 5.83. The molecule has 1 aromatic heterocycles. The summed E-state index contributed by atoms with van der Waals surface area (Å²) in [6, 6.07) is 20.2. The van der Waals surface area contributed by atoms with Crippen molar-refractivity contribution >= 4 is 23.1 Å². The van der Waals surface area contributed by atoms with Crippen LogP contribution in [0.1, 0.15) is 25.0 Å². The second-order valence-corrected chi connectivity index (χ2v) is 8.40. The van der Waals surface area contributed by atoms with Gasteiger partial charge in [0.2, 0.25) is 0 Å². The van der Waals surface area contributed by atoms with Crippen molar-refractivity contribution in [3.63, 3.8) is 0 Å². The number of benzene rings is 3. The molecule has 4 aromatic rings. The number of hydrogen-bond acceptors (Lipinski definition) is 7. The average molecular weight is 512 g/mol. The van der Waals surface area contributed by atoms with Crippen molar-refractivity contribution in [1.82, 2.24) is 9.66 Å². The summed E-state index contributed by atoms with van der Waals surface area (Å²) in [5.41, 5.74) is 2.47. The topological polar surface area (TPSA) is 92.0 Å². The van der Waals surface area contributed by atoms with E-state index < -0.39 is 12.1 Å². The number of para-hydroxylation sites is 1. The minimum Gasteiger partial charge on any atom is -0.493 e. The van der Waals surface area contributed by atoms with E-state index in [0.717, 1.165) is 11.1 Å². The van der Waals surface area contributed by atoms with E-state index in [9.17, 15) is 9.59 Å². The van der Waals surface area contributed by atoms with Gasteiger partial charge >= 0.3 is 5.97 Å². The van der Waals surface area contributed by atoms with E-state index in [-0.39, 0.29) is 12.2 Å². The van der Waals surface area contributed by atoms with Crippen molar-refractivity contribution in [2.45, 2.75) is 26.4 Å². The summed E-state index contributed by atoms with van der Waals surface area (Å²) in [6.45, 7) is 7.44. The Kier molecular flexibility index (Phi) is 8.33. The maximum absolute atomic E-state index is 13.4. The fourth-order valence-corrected chi connectivity index (χ4v) is 3.96. The lowest BCUT2D eigenvalue weighted by molar-refractivity contribution is -0.150. The van der Waals surface area contributed by atoms with E-state index in [4.69, 9.17) is 19.2 Å². The number of carbonyl (C=O) groups excluding carboxylic acids is 1. The molecule has 0 fully saturated rings. The Labute approximate surface area is 220 Å². The SMILES string of the molecule is C=CCc1cc(C=Nn2c(-c3ccccc3)nc3ccccc3c2=O)cc(OC)c1O[C@@H](C)C(=O)OCC. The first-order chi connectivity index (χ1) is 18.5. The molecule has 8 heteroatoms. The number of aromatic nitrogens is 2. The molecule has 0 spiro atoms. The third-order valence-corrected chi connectivity index (χ3v) is 5.76. The van der Waals surface area contributed by atoms with Gasteiger partial charge in [-0.05, 0) is 50.1 Å². The molecule has 0 radical (unpaired) electrons. The standard InChI is InChI=1S/C30H29N3O5/c1-5-12-23-17-21(18-26(36-4)27(23)38-20(3)30(35)37-6-2)19-31-33-28(22-13-8-7-9-14-22)32-25-16-11-10-15-24(25)29(33)34/h5,7-11,13-20H,1,6,12H2,2-4H3/t20-/m0/s1. The average Bonchev–Trinajstić information content (AvgIpc) is 2.94. The summed E-state index contributed by atoms with van der Waals surface area (Å²) >= 11 is 0. The molecule has 1 heterocycles. The van der Waals surface area contributed by atoms with Crippen LogP contribution in [0.15, 0.2) is 89.3 Å². The van der Waals surface area contributed by atoms with Crippen LogP contribution in [0.25, 0.3) is 22.3 Å². The monoisotopic (exact) mass is 511 g/mol. The molecule has 0 amide bonds. The predicted octanol–water partition coefficient (Wildman–Crippen LogP) is 5.01. The lowest BCUT2D eigenvalue weighted by atomic mass is 10.1. The molecule has 4 rings (SSSR count). The van der Waals surface area contributed by atoms with Gasteiger partial charge in [0.15, 0.2) is 23.4 Å². The molecule has 0 bridgehead atoms. The van der Waals surface area contributed by atoms with Crippen LogP contribution in [0.3, 0.4) is 0 Å². The third-order valence-electron chi connectivity index (χ3n) is 5.76. The van der Waals surface area contributed by atoms with Crippen LogP contribution < -0.4 is 15.0 Å². The van der Waals surface area contributed by atoms with Gasteiger partial charge in [0, 0.05) is 11.1 Å². The van der Waals surface area contributed by atoms with Crippen LogP contribution in [0.5, 0.6) is 11.5 Å². The molecule has 38 heavy (non-hydrogen) atoms. The number of fused-ring (bicyclic) bond motifs is 1. The van der Waals surface area contributed by atoms with Gasteiger partial charge in [-0.15, -0.1) is 6.58 Å². The Morgan fingerprint density at radius 1 is 1.13 bits per heavy atom. The van der Waals surface area contributed by atoms with Gasteiger partial charge in [0.05, 0.1) is 30.8 Å². The van der Waals surface area contributed by atoms with Crippen molar-refractivity contribution in [3.8, 4) is 22.9 Å². The Morgan fingerprint density at radius 3 is 2.58 bits per heavy atom. The Morgan fingerprint density at radius 2 is 1.87 bits per heavy atom. The molecule has 0 saturated carbocycles. The first kappa shape index (κ1) is 26.3. The van der Waals surface area contributed by atoms with Crippen LogP contribution in [0.2, 0.25) is 0 Å². The fourth-order valence-electron chi connectivity index (χ4n) is 3.96. The molecule has 194 valence electrons. The van der Waals surface area contributed by atoms with Gasteiger partial charge in [-0.1, -0.05) is 48.5 Å². The summed E-state index contributed by atoms with van der Waals surface area (Å²) in [7, 11) is 1.51. The molecular weight excluding hydrogens is 482 g/mol. The Bertz CT molecular complexity index is 1540. The number of methoxy groups -OCH3 is 1. The van der Waals surface area contributed by atoms with Crippen molar-refractivity contribution < 1.29 is 19.0 Å². The number of hydrogen-bond donors (Lipinski definition) is 0. The number of esters is 1. The normalized spacial score (nSPS) is 11.9. The Balaban J connectivity index is 1.80. The van der Waals surface area contributed by atoms with E-state index in [1.807, 2.05) is 42.5 Å². The molecule has 0 N–H and O–H groups in total. The van der Waals surface area contributed by atoms with E-state index in [1.54, 1.807) is 50.4 Å². The molecule has 0 aliphatic rings. The molecular formula is C30H29N3O5. The van der Waals surface area contributed by atoms with E-state index in [1.165, 1.54) is 11.8 Å². The summed E-state index contributed by atoms with van der Waals surface area (Å²) in [4.78, 5) is 30.3. The second kappa shape index (κ2) is 12.0. The fraction of sp³-hybridized carbons (Fsp3) is 0.200. The highest BCUT2D eigenvalue weighted by atomic mass is 16.6. The van der Waals surface area contributed by atoms with Crippen molar-refractivity contribution in [2.75, 3.05) is 13.7 Å². The predicted molar refractivity (Wildman–Crippen MR) is 148 cm³/mol. The van der Waals surface area contributed by atoms with Crippen molar-refractivity contribution in [2.24, 2.45) is 5.10 Å². The van der Waals surface area contributed by atoms with Crippen molar-refractivity contribution in [1.29, 1.82) is 0 Å². The lowest BCUT2D eigenvalue weighted by Crippen LogP contribution is -2.26. The van der Waals surface area contributed by atoms with Crippen LogP contribution >= 0.6 is 0 Å². The van der Waals surface area contributed by atoms with Crippen molar-refractivity contribution in [3.05, 3.63) is 101 Å². The number of allylic oxidation sites excluding steroid dienone is 1. The zero-order valence-corrected chi connectivity index (χ0v) is 21.6. The van der Waals surface area contributed by atoms with Gasteiger partial charge < -0.3 is 14.2 Å². The molecule has 3 aromatic carbocycles. The zero-order valence-electron chi connectivity index (χ0n) is 21.6. The maximum atomic E-state index is 13.4. The Hall–Kier alpha value is -4.72. The van der Waals surface area contributed by atoms with Gasteiger partial charge in [-0.3, -0.25) is 4.79 Å². The largest absolute Gasteiger partial charge is 0.493 e. The molecule has 8 nitrogen and oxygen atoms in total. The summed E-state index contributed by atoms with van der Waals surface area (Å²) in [6.07, 6.45) is 2.92. The van der Waals surface area contributed by atoms with Crippen LogP contribution in [0, 0.1) is 0 Å². The van der Waals surface area contributed by atoms with Gasteiger partial charge in [-0.2, -0.15) is 9.78 Å². The highest BCUT2D eigenvalue weighted by Crippen LogP contribution is 2.34. The van der Waals surface area contributed by atoms with Gasteiger partial charge in [0.25, 0.3) is 5.56 Å². The minimum atomic E-state index is -0.831. The first-order valence-corrected chi connectivity index (χ1v) is 12.2. The number of nitrogens with zero attached hydrogens (tertiary/aromatic N) is 3. The highest BCUT2D eigenvalue weighted by Gasteiger charge is 2.21. The lowest BCUT2D eigenvalue weighted by Gasteiger charge is -2.19. The van der Waals surface area contributed by atoms with E-state index in [2.05, 4.69) is 11.7 Å². The third kappa shape index (κ3) is 5.64. The van der Waals surface area contributed by atoms with Gasteiger partial charge in [-0.25, -0.2) is 9.78 Å². The molecule has 0 aliphatic heterocycles. The molecule has 0 saturated heterocycles.